The average molecular weight is 548 g/mol. The van der Waals surface area contributed by atoms with E-state index >= 15 is 0 Å². The van der Waals surface area contributed by atoms with Crippen LogP contribution in [-0.4, -0.2) is 46.2 Å². The van der Waals surface area contributed by atoms with Crippen LogP contribution < -0.4 is 4.74 Å². The van der Waals surface area contributed by atoms with Gasteiger partial charge in [0, 0.05) is 23.6 Å². The van der Waals surface area contributed by atoms with Gasteiger partial charge in [-0.05, 0) is 69.5 Å². The predicted molar refractivity (Wildman–Crippen MR) is 157 cm³/mol. The van der Waals surface area contributed by atoms with Crippen molar-refractivity contribution in [1.29, 1.82) is 0 Å². The molecule has 0 unspecified atom stereocenters. The highest BCUT2D eigenvalue weighted by atomic mass is 16.5. The number of carbonyl (C=O) groups excluding carboxylic acids is 1. The van der Waals surface area contributed by atoms with Crippen molar-refractivity contribution in [1.82, 2.24) is 4.90 Å². The van der Waals surface area contributed by atoms with Crippen molar-refractivity contribution >= 4 is 12.4 Å². The molecule has 214 valence electrons. The standard InChI is InChI=1S/C29H37NO2.C4H4O4/c1-22(2)30(23(3)4)18-17-27(26-13-9-6-10-14-26)28-19-25(20-31)15-16-29(28)32-21-24-11-7-5-8-12-24;5-3-8-2-1-4(6)7/h5-16,19,22-23,27,31H,17-18,20-21H2,1-4H3;1-3H,(H,6,7)/b;2-1+/t27-;/m1./s1. The minimum Gasteiger partial charge on any atom is -0.489 e. The van der Waals surface area contributed by atoms with Crippen LogP contribution in [0.4, 0.5) is 0 Å². The average Bonchev–Trinajstić information content (AvgIpc) is 2.95. The highest BCUT2D eigenvalue weighted by Crippen LogP contribution is 2.36. The predicted octanol–water partition coefficient (Wildman–Crippen LogP) is 6.16. The number of aliphatic carboxylic acids is 1. The SMILES string of the molecule is CC(C)N(CC[C@H](c1ccccc1)c1cc(CO)ccc1OCc1ccccc1)C(C)C.O=CO/C=C/C(=O)O. The molecule has 0 bridgehead atoms. The number of carboxylic acids is 1. The van der Waals surface area contributed by atoms with Gasteiger partial charge in [0.1, 0.15) is 18.6 Å². The zero-order valence-corrected chi connectivity index (χ0v) is 23.8. The Bertz CT molecular complexity index is 1170. The van der Waals surface area contributed by atoms with E-state index in [4.69, 9.17) is 9.84 Å². The van der Waals surface area contributed by atoms with Crippen molar-refractivity contribution in [2.45, 2.75) is 65.3 Å². The summed E-state index contributed by atoms with van der Waals surface area (Å²) >= 11 is 0. The Hall–Kier alpha value is -3.94. The smallest absolute Gasteiger partial charge is 0.331 e. The zero-order chi connectivity index (χ0) is 29.3. The van der Waals surface area contributed by atoms with Crippen LogP contribution >= 0.6 is 0 Å². The molecule has 2 N–H and O–H groups in total. The summed E-state index contributed by atoms with van der Waals surface area (Å²) in [5.41, 5.74) is 4.48. The summed E-state index contributed by atoms with van der Waals surface area (Å²) in [5.74, 6) is -0.0686. The quantitative estimate of drug-likeness (QED) is 0.142. The number of ether oxygens (including phenoxy) is 2. The Kier molecular flexibility index (Phi) is 14.2. The number of carboxylic acid groups (broad SMARTS) is 1. The topological polar surface area (TPSA) is 96.3 Å². The molecule has 3 rings (SSSR count). The lowest BCUT2D eigenvalue weighted by Gasteiger charge is -2.32. The zero-order valence-electron chi connectivity index (χ0n) is 23.8. The van der Waals surface area contributed by atoms with E-state index in [0.29, 0.717) is 24.8 Å². The summed E-state index contributed by atoms with van der Waals surface area (Å²) in [5, 5.41) is 17.7. The molecule has 3 aromatic carbocycles. The van der Waals surface area contributed by atoms with Crippen LogP contribution in [0, 0.1) is 0 Å². The largest absolute Gasteiger partial charge is 0.489 e. The summed E-state index contributed by atoms with van der Waals surface area (Å²) in [6.45, 7) is 10.7. The first kappa shape index (κ1) is 32.3. The van der Waals surface area contributed by atoms with E-state index in [1.54, 1.807) is 0 Å². The molecule has 0 aliphatic heterocycles. The molecule has 40 heavy (non-hydrogen) atoms. The molecule has 0 spiro atoms. The fourth-order valence-corrected chi connectivity index (χ4v) is 4.54. The molecule has 7 heteroatoms. The minimum atomic E-state index is -1.15. The number of nitrogens with zero attached hydrogens (tertiary/aromatic N) is 1. The normalized spacial score (nSPS) is 11.8. The van der Waals surface area contributed by atoms with Crippen LogP contribution in [0.3, 0.4) is 0 Å². The van der Waals surface area contributed by atoms with Gasteiger partial charge in [-0.3, -0.25) is 9.69 Å². The first-order valence-electron chi connectivity index (χ1n) is 13.5. The maximum Gasteiger partial charge on any atom is 0.331 e. The van der Waals surface area contributed by atoms with E-state index in [0.717, 1.165) is 41.7 Å². The second kappa shape index (κ2) is 17.6. The molecule has 3 aromatic rings. The Balaban J connectivity index is 0.000000611. The molecule has 1 atom stereocenters. The van der Waals surface area contributed by atoms with Gasteiger partial charge in [0.2, 0.25) is 0 Å². The molecule has 0 saturated heterocycles. The number of carbonyl (C=O) groups is 2. The summed E-state index contributed by atoms with van der Waals surface area (Å²) < 4.78 is 10.2. The Morgan fingerprint density at radius 3 is 2.08 bits per heavy atom. The van der Waals surface area contributed by atoms with Gasteiger partial charge < -0.3 is 19.7 Å². The lowest BCUT2D eigenvalue weighted by molar-refractivity contribution is -0.131. The van der Waals surface area contributed by atoms with E-state index in [-0.39, 0.29) is 19.0 Å². The van der Waals surface area contributed by atoms with E-state index in [9.17, 15) is 14.7 Å². The highest BCUT2D eigenvalue weighted by Gasteiger charge is 2.22. The highest BCUT2D eigenvalue weighted by molar-refractivity contribution is 5.79. The van der Waals surface area contributed by atoms with E-state index in [1.165, 1.54) is 5.56 Å². The number of hydrogen-bond acceptors (Lipinski definition) is 6. The van der Waals surface area contributed by atoms with Crippen LogP contribution in [0.2, 0.25) is 0 Å². The van der Waals surface area contributed by atoms with E-state index < -0.39 is 5.97 Å². The van der Waals surface area contributed by atoms with Gasteiger partial charge in [-0.25, -0.2) is 4.79 Å². The Morgan fingerprint density at radius 2 is 1.52 bits per heavy atom. The third-order valence-corrected chi connectivity index (χ3v) is 6.42. The maximum atomic E-state index is 9.83. The molecule has 7 nitrogen and oxygen atoms in total. The van der Waals surface area contributed by atoms with Crippen molar-refractivity contribution in [2.75, 3.05) is 6.54 Å². The maximum absolute atomic E-state index is 9.83. The molecule has 0 aliphatic rings. The first-order valence-corrected chi connectivity index (χ1v) is 13.5. The summed E-state index contributed by atoms with van der Waals surface area (Å²) in [7, 11) is 0. The molecular weight excluding hydrogens is 506 g/mol. The molecule has 0 radical (unpaired) electrons. The number of aliphatic hydroxyl groups excluding tert-OH is 1. The van der Waals surface area contributed by atoms with Gasteiger partial charge in [-0.2, -0.15) is 0 Å². The van der Waals surface area contributed by atoms with Crippen molar-refractivity contribution in [3.05, 3.63) is 113 Å². The van der Waals surface area contributed by atoms with Crippen molar-refractivity contribution < 1.29 is 29.3 Å². The van der Waals surface area contributed by atoms with Crippen LogP contribution in [0.1, 0.15) is 62.3 Å². The molecule has 0 saturated carbocycles. The van der Waals surface area contributed by atoms with Crippen LogP contribution in [-0.2, 0) is 27.5 Å². The van der Waals surface area contributed by atoms with Crippen molar-refractivity contribution in [3.63, 3.8) is 0 Å². The van der Waals surface area contributed by atoms with Gasteiger partial charge in [0.25, 0.3) is 6.47 Å². The van der Waals surface area contributed by atoms with Crippen LogP contribution in [0.5, 0.6) is 5.75 Å². The molecule has 0 amide bonds. The molecule has 0 aliphatic carbocycles. The van der Waals surface area contributed by atoms with Crippen molar-refractivity contribution in [3.8, 4) is 5.75 Å². The Labute approximate surface area is 237 Å². The first-order chi connectivity index (χ1) is 19.3. The van der Waals surface area contributed by atoms with Gasteiger partial charge >= 0.3 is 5.97 Å². The molecule has 0 fully saturated rings. The third-order valence-electron chi connectivity index (χ3n) is 6.42. The minimum absolute atomic E-state index is 0.0254. The number of benzene rings is 3. The lowest BCUT2D eigenvalue weighted by atomic mass is 9.86. The van der Waals surface area contributed by atoms with E-state index in [1.807, 2.05) is 30.3 Å². The van der Waals surface area contributed by atoms with Crippen LogP contribution in [0.15, 0.2) is 91.2 Å². The van der Waals surface area contributed by atoms with E-state index in [2.05, 4.69) is 85.9 Å². The summed E-state index contributed by atoms with van der Waals surface area (Å²) in [4.78, 5) is 21.4. The fraction of sp³-hybridized carbons (Fsp3) is 0.333. The van der Waals surface area contributed by atoms with Gasteiger partial charge in [0.15, 0.2) is 0 Å². The van der Waals surface area contributed by atoms with Gasteiger partial charge in [0.05, 0.1) is 12.7 Å². The summed E-state index contributed by atoms with van der Waals surface area (Å²) in [6, 6.07) is 28.0. The third kappa shape index (κ3) is 11.0. The lowest BCUT2D eigenvalue weighted by Crippen LogP contribution is -2.38. The molecule has 0 heterocycles. The molecular formula is C33H41NO6. The number of rotatable bonds is 14. The van der Waals surface area contributed by atoms with Gasteiger partial charge in [-0.15, -0.1) is 0 Å². The second-order valence-corrected chi connectivity index (χ2v) is 9.86. The number of hydrogen-bond donors (Lipinski definition) is 2. The Morgan fingerprint density at radius 1 is 0.900 bits per heavy atom. The molecule has 0 aromatic heterocycles. The number of aliphatic hydroxyl groups is 1. The fourth-order valence-electron chi connectivity index (χ4n) is 4.54. The van der Waals surface area contributed by atoms with Gasteiger partial charge in [-0.1, -0.05) is 66.7 Å². The monoisotopic (exact) mass is 547 g/mol. The summed E-state index contributed by atoms with van der Waals surface area (Å²) in [6.07, 6.45) is 2.49. The van der Waals surface area contributed by atoms with Crippen LogP contribution in [0.25, 0.3) is 0 Å². The second-order valence-electron chi connectivity index (χ2n) is 9.86. The van der Waals surface area contributed by atoms with Crippen molar-refractivity contribution in [2.24, 2.45) is 0 Å².